The standard InChI is InChI=1S/C29H29ClFN5O3/c1-5-21(37)35-12-13-36-18(14-35)15-39-27-22(29(36)38)28(33-25-17(4)10-11-32-24(25)16(2)3)34-26(23(27)30)19-8-6-7-9-20(19)31/h5-11,16,18H,1,12-15H2,2-4H3,(H,33,34)/t18-/m1/s1. The molecular formula is C29H29ClFN5O3. The van der Waals surface area contributed by atoms with Gasteiger partial charge in [0, 0.05) is 31.4 Å². The summed E-state index contributed by atoms with van der Waals surface area (Å²) in [4.78, 5) is 39.0. The maximum Gasteiger partial charge on any atom is 0.261 e. The molecule has 1 aromatic carbocycles. The number of fused-ring (bicyclic) bond motifs is 2. The molecule has 39 heavy (non-hydrogen) atoms. The van der Waals surface area contributed by atoms with Gasteiger partial charge in [-0.3, -0.25) is 14.6 Å². The predicted molar refractivity (Wildman–Crippen MR) is 148 cm³/mol. The number of pyridine rings is 2. The number of nitrogens with one attached hydrogen (secondary N) is 1. The van der Waals surface area contributed by atoms with Crippen LogP contribution in [-0.2, 0) is 4.79 Å². The summed E-state index contributed by atoms with van der Waals surface area (Å²) in [5.41, 5.74) is 2.90. The largest absolute Gasteiger partial charge is 0.489 e. The Kier molecular flexibility index (Phi) is 7.27. The zero-order valence-electron chi connectivity index (χ0n) is 22.0. The molecule has 2 aromatic heterocycles. The zero-order chi connectivity index (χ0) is 27.8. The third-order valence-electron chi connectivity index (χ3n) is 7.07. The highest BCUT2D eigenvalue weighted by molar-refractivity contribution is 6.35. The van der Waals surface area contributed by atoms with E-state index in [9.17, 15) is 14.0 Å². The molecule has 8 nitrogen and oxygen atoms in total. The number of hydrogen-bond donors (Lipinski definition) is 1. The van der Waals surface area contributed by atoms with Crippen LogP contribution in [0.5, 0.6) is 5.75 Å². The van der Waals surface area contributed by atoms with Crippen LogP contribution >= 0.6 is 11.6 Å². The van der Waals surface area contributed by atoms with Crippen molar-refractivity contribution in [1.29, 1.82) is 0 Å². The molecule has 1 atom stereocenters. The van der Waals surface area contributed by atoms with Crippen LogP contribution in [0.25, 0.3) is 11.3 Å². The van der Waals surface area contributed by atoms with Gasteiger partial charge in [-0.15, -0.1) is 0 Å². The van der Waals surface area contributed by atoms with Crippen LogP contribution in [0.15, 0.2) is 49.2 Å². The number of carbonyl (C=O) groups excluding carboxylic acids is 2. The molecule has 0 saturated carbocycles. The van der Waals surface area contributed by atoms with Gasteiger partial charge in [-0.1, -0.05) is 44.2 Å². The Hall–Kier alpha value is -3.98. The molecule has 4 heterocycles. The molecule has 5 rings (SSSR count). The molecule has 10 heteroatoms. The second-order valence-electron chi connectivity index (χ2n) is 9.93. The van der Waals surface area contributed by atoms with E-state index in [2.05, 4.69) is 16.9 Å². The van der Waals surface area contributed by atoms with Crippen molar-refractivity contribution in [2.45, 2.75) is 32.7 Å². The lowest BCUT2D eigenvalue weighted by molar-refractivity contribution is -0.128. The zero-order valence-corrected chi connectivity index (χ0v) is 22.8. The number of amides is 2. The lowest BCUT2D eigenvalue weighted by Gasteiger charge is -2.39. The van der Waals surface area contributed by atoms with Gasteiger partial charge in [0.1, 0.15) is 28.8 Å². The first-order chi connectivity index (χ1) is 18.7. The number of anilines is 2. The molecule has 0 unspecified atom stereocenters. The topological polar surface area (TPSA) is 87.7 Å². The van der Waals surface area contributed by atoms with Gasteiger partial charge in [0.15, 0.2) is 5.75 Å². The summed E-state index contributed by atoms with van der Waals surface area (Å²) in [5, 5.41) is 3.38. The van der Waals surface area contributed by atoms with Crippen molar-refractivity contribution in [2.75, 3.05) is 31.6 Å². The van der Waals surface area contributed by atoms with Gasteiger partial charge in [0.05, 0.1) is 23.1 Å². The van der Waals surface area contributed by atoms with E-state index in [1.807, 2.05) is 26.8 Å². The van der Waals surface area contributed by atoms with E-state index >= 15 is 0 Å². The third-order valence-corrected chi connectivity index (χ3v) is 7.42. The number of benzene rings is 1. The summed E-state index contributed by atoms with van der Waals surface area (Å²) in [6.07, 6.45) is 3.00. The minimum atomic E-state index is -0.505. The minimum absolute atomic E-state index is 0.0415. The van der Waals surface area contributed by atoms with Gasteiger partial charge in [-0.05, 0) is 42.7 Å². The molecule has 0 spiro atoms. The van der Waals surface area contributed by atoms with Gasteiger partial charge < -0.3 is 19.9 Å². The SMILES string of the molecule is C=CC(=O)N1CCN2C(=O)c3c(Nc4c(C)ccnc4C(C)C)nc(-c4ccccc4F)c(Cl)c3OC[C@H]2C1. The molecule has 0 radical (unpaired) electrons. The summed E-state index contributed by atoms with van der Waals surface area (Å²) in [6, 6.07) is 7.63. The van der Waals surface area contributed by atoms with Crippen molar-refractivity contribution >= 4 is 34.9 Å². The predicted octanol–water partition coefficient (Wildman–Crippen LogP) is 5.34. The van der Waals surface area contributed by atoms with Gasteiger partial charge in [0.2, 0.25) is 5.91 Å². The molecular weight excluding hydrogens is 521 g/mol. The van der Waals surface area contributed by atoms with Crippen molar-refractivity contribution in [3.8, 4) is 17.0 Å². The minimum Gasteiger partial charge on any atom is -0.489 e. The molecule has 3 aromatic rings. The maximum absolute atomic E-state index is 14.9. The van der Waals surface area contributed by atoms with Crippen LogP contribution < -0.4 is 10.1 Å². The monoisotopic (exact) mass is 549 g/mol. The Morgan fingerprint density at radius 2 is 2.05 bits per heavy atom. The van der Waals surface area contributed by atoms with Gasteiger partial charge in [-0.25, -0.2) is 9.37 Å². The molecule has 2 aliphatic rings. The van der Waals surface area contributed by atoms with Crippen LogP contribution in [0.4, 0.5) is 15.9 Å². The molecule has 0 bridgehead atoms. The van der Waals surface area contributed by atoms with Crippen LogP contribution in [0.2, 0.25) is 5.02 Å². The maximum atomic E-state index is 14.9. The van der Waals surface area contributed by atoms with E-state index in [4.69, 9.17) is 21.3 Å². The number of aromatic nitrogens is 2. The summed E-state index contributed by atoms with van der Waals surface area (Å²) in [5.74, 6) is -0.642. The normalized spacial score (nSPS) is 16.8. The number of hydrogen-bond acceptors (Lipinski definition) is 6. The number of piperazine rings is 1. The van der Waals surface area contributed by atoms with Crippen molar-refractivity contribution in [3.05, 3.63) is 76.8 Å². The van der Waals surface area contributed by atoms with Crippen LogP contribution in [0, 0.1) is 12.7 Å². The highest BCUT2D eigenvalue weighted by atomic mass is 35.5. The Balaban J connectivity index is 1.68. The molecule has 202 valence electrons. The van der Waals surface area contributed by atoms with E-state index in [1.54, 1.807) is 34.2 Å². The number of ether oxygens (including phenoxy) is 1. The molecule has 1 fully saturated rings. The van der Waals surface area contributed by atoms with Crippen LogP contribution in [0.1, 0.15) is 41.4 Å². The Morgan fingerprint density at radius 1 is 1.28 bits per heavy atom. The number of aryl methyl sites for hydroxylation is 1. The second-order valence-corrected chi connectivity index (χ2v) is 10.3. The Labute approximate surface area is 231 Å². The smallest absolute Gasteiger partial charge is 0.261 e. The molecule has 1 saturated heterocycles. The van der Waals surface area contributed by atoms with Gasteiger partial charge in [0.25, 0.3) is 5.91 Å². The van der Waals surface area contributed by atoms with Gasteiger partial charge >= 0.3 is 0 Å². The molecule has 1 N–H and O–H groups in total. The van der Waals surface area contributed by atoms with E-state index in [0.717, 1.165) is 11.3 Å². The lowest BCUT2D eigenvalue weighted by Crippen LogP contribution is -2.57. The lowest BCUT2D eigenvalue weighted by atomic mass is 10.0. The quantitative estimate of drug-likeness (QED) is 0.432. The summed E-state index contributed by atoms with van der Waals surface area (Å²) in [7, 11) is 0. The number of halogens is 2. The molecule has 2 amide bonds. The van der Waals surface area contributed by atoms with Gasteiger partial charge in [-0.2, -0.15) is 0 Å². The number of nitrogens with zero attached hydrogens (tertiary/aromatic N) is 4. The first kappa shape index (κ1) is 26.6. The fourth-order valence-electron chi connectivity index (χ4n) is 5.01. The molecule has 2 aliphatic heterocycles. The van der Waals surface area contributed by atoms with Crippen molar-refractivity contribution in [3.63, 3.8) is 0 Å². The first-order valence-corrected chi connectivity index (χ1v) is 13.1. The number of carbonyl (C=O) groups is 2. The molecule has 0 aliphatic carbocycles. The Morgan fingerprint density at radius 3 is 2.77 bits per heavy atom. The Bertz CT molecular complexity index is 1480. The van der Waals surface area contributed by atoms with Crippen molar-refractivity contribution in [2.24, 2.45) is 0 Å². The highest BCUT2D eigenvalue weighted by Gasteiger charge is 2.40. The average molecular weight is 550 g/mol. The van der Waals surface area contributed by atoms with E-state index in [1.165, 1.54) is 12.1 Å². The summed E-state index contributed by atoms with van der Waals surface area (Å²) >= 11 is 6.82. The fourth-order valence-corrected chi connectivity index (χ4v) is 5.31. The number of rotatable bonds is 5. The van der Waals surface area contributed by atoms with Crippen molar-refractivity contribution in [1.82, 2.24) is 19.8 Å². The fraction of sp³-hybridized carbons (Fsp3) is 0.310. The van der Waals surface area contributed by atoms with Crippen LogP contribution in [-0.4, -0.2) is 63.9 Å². The third kappa shape index (κ3) is 4.83. The second kappa shape index (κ2) is 10.6. The highest BCUT2D eigenvalue weighted by Crippen LogP contribution is 2.44. The van der Waals surface area contributed by atoms with Crippen LogP contribution in [0.3, 0.4) is 0 Å². The summed E-state index contributed by atoms with van der Waals surface area (Å²) < 4.78 is 21.1. The van der Waals surface area contributed by atoms with E-state index in [0.29, 0.717) is 18.8 Å². The van der Waals surface area contributed by atoms with Crippen molar-refractivity contribution < 1.29 is 18.7 Å². The van der Waals surface area contributed by atoms with E-state index in [-0.39, 0.29) is 64.3 Å². The first-order valence-electron chi connectivity index (χ1n) is 12.8. The average Bonchev–Trinajstić information content (AvgIpc) is 3.07. The van der Waals surface area contributed by atoms with E-state index < -0.39 is 11.9 Å². The summed E-state index contributed by atoms with van der Waals surface area (Å²) in [6.45, 7) is 10.6.